The Balaban J connectivity index is 2.24. The molecular weight excluding hydrogens is 262 g/mol. The van der Waals surface area contributed by atoms with Crippen LogP contribution in [-0.2, 0) is 0 Å². The molecule has 20 heavy (non-hydrogen) atoms. The number of nitrogens with zero attached hydrogens (tertiary/aromatic N) is 5. The van der Waals surface area contributed by atoms with Gasteiger partial charge in [0.2, 0.25) is 11.6 Å². The number of hydrogen-bond acceptors (Lipinski definition) is 8. The smallest absolute Gasteiger partial charge is 0.351 e. The highest BCUT2D eigenvalue weighted by molar-refractivity contribution is 5.69. The van der Waals surface area contributed by atoms with Crippen LogP contribution in [0.25, 0.3) is 0 Å². The number of rotatable bonds is 4. The minimum atomic E-state index is -0.497. The second-order valence-electron chi connectivity index (χ2n) is 4.98. The first kappa shape index (κ1) is 14.4. The Morgan fingerprint density at radius 3 is 2.60 bits per heavy atom. The Bertz CT molecular complexity index is 486. The van der Waals surface area contributed by atoms with Gasteiger partial charge in [0, 0.05) is 19.1 Å². The molecule has 3 N–H and O–H groups in total. The van der Waals surface area contributed by atoms with Gasteiger partial charge in [0.1, 0.15) is 6.33 Å². The molecule has 0 spiro atoms. The quantitative estimate of drug-likeness (QED) is 0.457. The van der Waals surface area contributed by atoms with Crippen molar-refractivity contribution >= 4 is 17.3 Å². The lowest BCUT2D eigenvalue weighted by atomic mass is 10.0. The lowest BCUT2D eigenvalue weighted by molar-refractivity contribution is -0.383. The standard InChI is InChI=1S/C11H19N7O2/c1-16(2)8-3-5-17(6-4-8)11-9(18(19)20)10(15-12)13-7-14-11/h7-8H,3-6,12H2,1-2H3,(H,13,14,15). The number of anilines is 2. The van der Waals surface area contributed by atoms with Crippen molar-refractivity contribution in [2.24, 2.45) is 5.84 Å². The van der Waals surface area contributed by atoms with Gasteiger partial charge in [-0.3, -0.25) is 10.1 Å². The number of nitrogens with one attached hydrogen (secondary N) is 1. The average Bonchev–Trinajstić information content (AvgIpc) is 2.46. The summed E-state index contributed by atoms with van der Waals surface area (Å²) in [5, 5.41) is 11.2. The largest absolute Gasteiger partial charge is 0.354 e. The van der Waals surface area contributed by atoms with Crippen LogP contribution in [0.4, 0.5) is 17.3 Å². The van der Waals surface area contributed by atoms with E-state index in [9.17, 15) is 10.1 Å². The molecule has 0 atom stereocenters. The second-order valence-corrected chi connectivity index (χ2v) is 4.98. The van der Waals surface area contributed by atoms with Gasteiger partial charge in [-0.1, -0.05) is 0 Å². The molecule has 1 aliphatic rings. The van der Waals surface area contributed by atoms with Crippen LogP contribution >= 0.6 is 0 Å². The number of nitrogens with two attached hydrogens (primary N) is 1. The molecule has 1 saturated heterocycles. The third-order valence-corrected chi connectivity index (χ3v) is 3.62. The Hall–Kier alpha value is -2.00. The SMILES string of the molecule is CN(C)C1CCN(c2ncnc(NN)c2[N+](=O)[O-])CC1. The number of piperidine rings is 1. The molecule has 0 aliphatic carbocycles. The maximum absolute atomic E-state index is 11.2. The monoisotopic (exact) mass is 281 g/mol. The van der Waals surface area contributed by atoms with E-state index in [-0.39, 0.29) is 11.5 Å². The zero-order valence-corrected chi connectivity index (χ0v) is 11.6. The molecule has 9 nitrogen and oxygen atoms in total. The van der Waals surface area contributed by atoms with Crippen molar-refractivity contribution in [3.63, 3.8) is 0 Å². The Morgan fingerprint density at radius 2 is 2.10 bits per heavy atom. The average molecular weight is 281 g/mol. The van der Waals surface area contributed by atoms with Crippen molar-refractivity contribution in [3.8, 4) is 0 Å². The second kappa shape index (κ2) is 5.97. The van der Waals surface area contributed by atoms with Gasteiger partial charge in [0.05, 0.1) is 4.92 Å². The fourth-order valence-corrected chi connectivity index (χ4v) is 2.47. The Kier molecular flexibility index (Phi) is 4.30. The lowest BCUT2D eigenvalue weighted by Gasteiger charge is -2.35. The highest BCUT2D eigenvalue weighted by atomic mass is 16.6. The van der Waals surface area contributed by atoms with Crippen molar-refractivity contribution in [3.05, 3.63) is 16.4 Å². The number of hydrazine groups is 1. The van der Waals surface area contributed by atoms with Crippen molar-refractivity contribution in [1.29, 1.82) is 0 Å². The molecule has 1 fully saturated rings. The van der Waals surface area contributed by atoms with Gasteiger partial charge in [-0.15, -0.1) is 0 Å². The number of hydrogen-bond donors (Lipinski definition) is 2. The minimum Gasteiger partial charge on any atom is -0.351 e. The molecule has 1 aromatic rings. The molecule has 0 bridgehead atoms. The van der Waals surface area contributed by atoms with Crippen molar-refractivity contribution in [1.82, 2.24) is 14.9 Å². The van der Waals surface area contributed by atoms with Gasteiger partial charge in [-0.25, -0.2) is 15.8 Å². The zero-order valence-electron chi connectivity index (χ0n) is 11.6. The predicted octanol–water partition coefficient (Wildman–Crippen LogP) is 0.201. The molecule has 2 heterocycles. The summed E-state index contributed by atoms with van der Waals surface area (Å²) in [6.07, 6.45) is 3.18. The highest BCUT2D eigenvalue weighted by Gasteiger charge is 2.29. The normalized spacial score (nSPS) is 16.5. The van der Waals surface area contributed by atoms with Gasteiger partial charge >= 0.3 is 5.69 Å². The summed E-state index contributed by atoms with van der Waals surface area (Å²) in [7, 11) is 4.09. The molecule has 0 aromatic carbocycles. The van der Waals surface area contributed by atoms with Crippen LogP contribution in [-0.4, -0.2) is 53.0 Å². The maximum atomic E-state index is 11.2. The summed E-state index contributed by atoms with van der Waals surface area (Å²) in [6, 6.07) is 0.499. The van der Waals surface area contributed by atoms with E-state index in [0.717, 1.165) is 25.9 Å². The van der Waals surface area contributed by atoms with Crippen LogP contribution in [0.2, 0.25) is 0 Å². The summed E-state index contributed by atoms with van der Waals surface area (Å²) in [5.74, 6) is 5.64. The zero-order chi connectivity index (χ0) is 14.7. The van der Waals surface area contributed by atoms with Gasteiger partial charge in [0.25, 0.3) is 0 Å². The first-order valence-electron chi connectivity index (χ1n) is 6.42. The van der Waals surface area contributed by atoms with Crippen molar-refractivity contribution in [2.75, 3.05) is 37.5 Å². The minimum absolute atomic E-state index is 0.0368. The molecule has 110 valence electrons. The predicted molar refractivity (Wildman–Crippen MR) is 75.4 cm³/mol. The summed E-state index contributed by atoms with van der Waals surface area (Å²) in [4.78, 5) is 22.7. The Labute approximate surface area is 116 Å². The first-order chi connectivity index (χ1) is 9.54. The molecule has 9 heteroatoms. The van der Waals surface area contributed by atoms with Gasteiger partial charge in [-0.05, 0) is 26.9 Å². The summed E-state index contributed by atoms with van der Waals surface area (Å²) < 4.78 is 0. The Morgan fingerprint density at radius 1 is 1.45 bits per heavy atom. The highest BCUT2D eigenvalue weighted by Crippen LogP contribution is 2.32. The molecule has 0 radical (unpaired) electrons. The van der Waals surface area contributed by atoms with Crippen LogP contribution in [0, 0.1) is 10.1 Å². The van der Waals surface area contributed by atoms with E-state index < -0.39 is 4.92 Å². The topological polar surface area (TPSA) is 113 Å². The number of nitrogen functional groups attached to an aromatic ring is 1. The van der Waals surface area contributed by atoms with E-state index in [1.165, 1.54) is 6.33 Å². The third kappa shape index (κ3) is 2.78. The summed E-state index contributed by atoms with van der Waals surface area (Å²) in [6.45, 7) is 1.45. The van der Waals surface area contributed by atoms with Crippen molar-refractivity contribution in [2.45, 2.75) is 18.9 Å². The molecule has 1 aromatic heterocycles. The molecule has 0 amide bonds. The van der Waals surface area contributed by atoms with Crippen LogP contribution in [0.1, 0.15) is 12.8 Å². The van der Waals surface area contributed by atoms with E-state index in [2.05, 4.69) is 20.3 Å². The van der Waals surface area contributed by atoms with Crippen LogP contribution < -0.4 is 16.2 Å². The lowest BCUT2D eigenvalue weighted by Crippen LogP contribution is -2.42. The van der Waals surface area contributed by atoms with E-state index in [1.807, 2.05) is 19.0 Å². The third-order valence-electron chi connectivity index (χ3n) is 3.62. The molecular formula is C11H19N7O2. The fourth-order valence-electron chi connectivity index (χ4n) is 2.47. The molecule has 0 saturated carbocycles. The van der Waals surface area contributed by atoms with Gasteiger partial charge in [0.15, 0.2) is 0 Å². The number of aromatic nitrogens is 2. The molecule has 2 rings (SSSR count). The van der Waals surface area contributed by atoms with Crippen LogP contribution in [0.15, 0.2) is 6.33 Å². The van der Waals surface area contributed by atoms with Gasteiger partial charge in [-0.2, -0.15) is 0 Å². The first-order valence-corrected chi connectivity index (χ1v) is 6.42. The fraction of sp³-hybridized carbons (Fsp3) is 0.636. The summed E-state index contributed by atoms with van der Waals surface area (Å²) >= 11 is 0. The van der Waals surface area contributed by atoms with E-state index >= 15 is 0 Å². The summed E-state index contributed by atoms with van der Waals surface area (Å²) in [5.41, 5.74) is 2.09. The van der Waals surface area contributed by atoms with Gasteiger partial charge < -0.3 is 15.2 Å². The van der Waals surface area contributed by atoms with E-state index in [4.69, 9.17) is 5.84 Å². The van der Waals surface area contributed by atoms with Crippen LogP contribution in [0.3, 0.4) is 0 Å². The molecule has 1 aliphatic heterocycles. The number of nitro groups is 1. The van der Waals surface area contributed by atoms with E-state index in [0.29, 0.717) is 11.9 Å². The molecule has 0 unspecified atom stereocenters. The van der Waals surface area contributed by atoms with Crippen molar-refractivity contribution < 1.29 is 4.92 Å². The maximum Gasteiger partial charge on any atom is 0.354 e. The van der Waals surface area contributed by atoms with E-state index in [1.54, 1.807) is 0 Å². The van der Waals surface area contributed by atoms with Crippen LogP contribution in [0.5, 0.6) is 0 Å².